The third kappa shape index (κ3) is 2.44. The molecule has 0 bridgehead atoms. The van der Waals surface area contributed by atoms with Crippen LogP contribution in [0.1, 0.15) is 34.6 Å². The van der Waals surface area contributed by atoms with Crippen molar-refractivity contribution in [3.05, 3.63) is 45.1 Å². The Balaban J connectivity index is 1.97. The number of hydrogen-bond donors (Lipinski definition) is 2. The number of halogens is 2. The van der Waals surface area contributed by atoms with Gasteiger partial charge in [0.05, 0.1) is 18.3 Å². The fraction of sp³-hybridized carbons (Fsp3) is 0.214. The molecule has 0 unspecified atom stereocenters. The summed E-state index contributed by atoms with van der Waals surface area (Å²) in [6, 6.07) is 4.48. The number of rotatable bonds is 1. The second-order valence-corrected chi connectivity index (χ2v) is 5.97. The smallest absolute Gasteiger partial charge is 0.254 e. The van der Waals surface area contributed by atoms with E-state index in [9.17, 15) is 4.79 Å². The van der Waals surface area contributed by atoms with Gasteiger partial charge in [-0.15, -0.1) is 0 Å². The van der Waals surface area contributed by atoms with E-state index in [2.05, 4.69) is 9.97 Å². The number of aromatic nitrogens is 2. The highest BCUT2D eigenvalue weighted by Crippen LogP contribution is 2.36. The van der Waals surface area contributed by atoms with Gasteiger partial charge in [-0.2, -0.15) is 4.98 Å². The van der Waals surface area contributed by atoms with Gasteiger partial charge >= 0.3 is 0 Å². The van der Waals surface area contributed by atoms with E-state index in [1.165, 1.54) is 0 Å². The summed E-state index contributed by atoms with van der Waals surface area (Å²) in [5.41, 5.74) is 13.3. The van der Waals surface area contributed by atoms with E-state index in [0.717, 1.165) is 5.56 Å². The first-order chi connectivity index (χ1) is 10.4. The summed E-state index contributed by atoms with van der Waals surface area (Å²) < 4.78 is 0. The summed E-state index contributed by atoms with van der Waals surface area (Å²) in [5, 5.41) is 0.813. The molecule has 1 amide bonds. The van der Waals surface area contributed by atoms with Gasteiger partial charge in [0.1, 0.15) is 5.82 Å². The number of carbonyl (C=O) groups excluding carboxylic acids is 1. The molecule has 0 saturated carbocycles. The molecule has 1 aromatic heterocycles. The largest absolute Gasteiger partial charge is 0.383 e. The van der Waals surface area contributed by atoms with Crippen LogP contribution in [0.5, 0.6) is 0 Å². The molecule has 0 saturated heterocycles. The first-order valence-corrected chi connectivity index (χ1v) is 7.31. The van der Waals surface area contributed by atoms with Gasteiger partial charge in [0.25, 0.3) is 5.91 Å². The van der Waals surface area contributed by atoms with Crippen molar-refractivity contribution >= 4 is 40.9 Å². The summed E-state index contributed by atoms with van der Waals surface area (Å²) in [4.78, 5) is 22.5. The molecule has 3 rings (SSSR count). The molecule has 8 heteroatoms. The van der Waals surface area contributed by atoms with Crippen molar-refractivity contribution in [1.29, 1.82) is 0 Å². The van der Waals surface area contributed by atoms with Crippen LogP contribution in [0.15, 0.2) is 18.2 Å². The average molecular weight is 338 g/mol. The molecular weight excluding hydrogens is 325 g/mol. The van der Waals surface area contributed by atoms with Crippen LogP contribution in [0.25, 0.3) is 0 Å². The number of fused-ring (bicyclic) bond motifs is 1. The molecule has 4 N–H and O–H groups in total. The van der Waals surface area contributed by atoms with Crippen LogP contribution in [0.4, 0.5) is 11.8 Å². The van der Waals surface area contributed by atoms with Gasteiger partial charge in [0, 0.05) is 21.2 Å². The summed E-state index contributed by atoms with van der Waals surface area (Å²) in [7, 11) is 0. The lowest BCUT2D eigenvalue weighted by Gasteiger charge is -2.21. The Bertz CT molecular complexity index is 760. The second-order valence-electron chi connectivity index (χ2n) is 5.10. The topological polar surface area (TPSA) is 98.1 Å². The number of nitrogens with two attached hydrogens (primary N) is 2. The van der Waals surface area contributed by atoms with Gasteiger partial charge in [0.2, 0.25) is 5.95 Å². The molecule has 6 nitrogen and oxygen atoms in total. The van der Waals surface area contributed by atoms with E-state index in [-0.39, 0.29) is 17.9 Å². The minimum Gasteiger partial charge on any atom is -0.383 e. The van der Waals surface area contributed by atoms with Gasteiger partial charge in [-0.05, 0) is 25.1 Å². The van der Waals surface area contributed by atoms with E-state index in [4.69, 9.17) is 34.7 Å². The van der Waals surface area contributed by atoms with Gasteiger partial charge in [-0.3, -0.25) is 4.79 Å². The predicted molar refractivity (Wildman–Crippen MR) is 85.6 cm³/mol. The van der Waals surface area contributed by atoms with E-state index >= 15 is 0 Å². The molecule has 22 heavy (non-hydrogen) atoms. The number of hydrogen-bond acceptors (Lipinski definition) is 5. The van der Waals surface area contributed by atoms with Gasteiger partial charge < -0.3 is 16.4 Å². The molecule has 114 valence electrons. The normalized spacial score (nSPS) is 16.7. The van der Waals surface area contributed by atoms with Crippen LogP contribution in [0.3, 0.4) is 0 Å². The van der Waals surface area contributed by atoms with Crippen molar-refractivity contribution in [3.8, 4) is 0 Å². The number of nitrogens with zero attached hydrogens (tertiary/aromatic N) is 3. The Hall–Kier alpha value is -2.05. The highest BCUT2D eigenvalue weighted by Gasteiger charge is 2.34. The molecule has 1 aliphatic rings. The molecule has 1 aromatic carbocycles. The summed E-state index contributed by atoms with van der Waals surface area (Å²) >= 11 is 11.9. The Morgan fingerprint density at radius 1 is 1.23 bits per heavy atom. The van der Waals surface area contributed by atoms with Gasteiger partial charge in [-0.25, -0.2) is 4.98 Å². The van der Waals surface area contributed by atoms with Crippen LogP contribution in [-0.4, -0.2) is 20.8 Å². The zero-order valence-electron chi connectivity index (χ0n) is 11.7. The van der Waals surface area contributed by atoms with Crippen LogP contribution in [0.2, 0.25) is 10.0 Å². The van der Waals surface area contributed by atoms with Gasteiger partial charge in [-0.1, -0.05) is 23.2 Å². The number of amides is 1. The van der Waals surface area contributed by atoms with E-state index in [0.29, 0.717) is 33.7 Å². The number of benzene rings is 1. The fourth-order valence-corrected chi connectivity index (χ4v) is 3.12. The Labute approximate surface area is 137 Å². The zero-order chi connectivity index (χ0) is 16.0. The first kappa shape index (κ1) is 14.9. The first-order valence-electron chi connectivity index (χ1n) is 6.55. The average Bonchev–Trinajstić information content (AvgIpc) is 2.75. The van der Waals surface area contributed by atoms with Crippen molar-refractivity contribution in [2.75, 3.05) is 11.5 Å². The van der Waals surface area contributed by atoms with Crippen LogP contribution >= 0.6 is 23.2 Å². The maximum absolute atomic E-state index is 12.7. The van der Waals surface area contributed by atoms with E-state index < -0.39 is 0 Å². The fourth-order valence-electron chi connectivity index (χ4n) is 2.59. The molecule has 0 fully saturated rings. The lowest BCUT2D eigenvalue weighted by Crippen LogP contribution is -2.28. The Morgan fingerprint density at radius 3 is 2.50 bits per heavy atom. The molecular formula is C14H13Cl2N5O. The van der Waals surface area contributed by atoms with Crippen molar-refractivity contribution in [2.24, 2.45) is 0 Å². The van der Waals surface area contributed by atoms with Crippen molar-refractivity contribution < 1.29 is 4.79 Å². The maximum atomic E-state index is 12.7. The number of anilines is 2. The molecule has 1 aliphatic heterocycles. The SMILES string of the molecule is C[C@@H]1c2nc(N)nc(N)c2CN1C(=O)c1cc(Cl)cc(Cl)c1. The van der Waals surface area contributed by atoms with Crippen LogP contribution in [0, 0.1) is 0 Å². The van der Waals surface area contributed by atoms with Crippen molar-refractivity contribution in [1.82, 2.24) is 14.9 Å². The lowest BCUT2D eigenvalue weighted by atomic mass is 10.1. The Kier molecular flexibility index (Phi) is 3.58. The quantitative estimate of drug-likeness (QED) is 0.833. The summed E-state index contributed by atoms with van der Waals surface area (Å²) in [6.07, 6.45) is 0. The van der Waals surface area contributed by atoms with Crippen LogP contribution < -0.4 is 11.5 Å². The third-order valence-electron chi connectivity index (χ3n) is 3.65. The highest BCUT2D eigenvalue weighted by atomic mass is 35.5. The number of nitrogen functional groups attached to an aromatic ring is 2. The molecule has 0 aliphatic carbocycles. The summed E-state index contributed by atoms with van der Waals surface area (Å²) in [6.45, 7) is 2.19. The Morgan fingerprint density at radius 2 is 1.86 bits per heavy atom. The molecule has 2 heterocycles. The zero-order valence-corrected chi connectivity index (χ0v) is 13.2. The minimum atomic E-state index is -0.257. The molecule has 1 atom stereocenters. The second kappa shape index (κ2) is 5.30. The monoisotopic (exact) mass is 337 g/mol. The number of carbonyl (C=O) groups is 1. The van der Waals surface area contributed by atoms with Crippen molar-refractivity contribution in [3.63, 3.8) is 0 Å². The standard InChI is InChI=1S/C14H13Cl2N5O/c1-6-11-10(12(17)20-14(18)19-11)5-21(6)13(22)7-2-8(15)4-9(16)3-7/h2-4,6H,5H2,1H3,(H4,17,18,19,20)/t6-/m1/s1. The lowest BCUT2D eigenvalue weighted by molar-refractivity contribution is 0.0703. The van der Waals surface area contributed by atoms with Gasteiger partial charge in [0.15, 0.2) is 0 Å². The van der Waals surface area contributed by atoms with E-state index in [1.54, 1.807) is 23.1 Å². The van der Waals surface area contributed by atoms with E-state index in [1.807, 2.05) is 6.92 Å². The minimum absolute atomic E-state index is 0.100. The summed E-state index contributed by atoms with van der Waals surface area (Å²) in [5.74, 6) is 0.199. The van der Waals surface area contributed by atoms with Crippen molar-refractivity contribution in [2.45, 2.75) is 19.5 Å². The molecule has 0 spiro atoms. The van der Waals surface area contributed by atoms with Crippen LogP contribution in [-0.2, 0) is 6.54 Å². The molecule has 2 aromatic rings. The third-order valence-corrected chi connectivity index (χ3v) is 4.09. The molecule has 0 radical (unpaired) electrons. The predicted octanol–water partition coefficient (Wildman–Crippen LogP) is 2.66. The maximum Gasteiger partial charge on any atom is 0.254 e. The highest BCUT2D eigenvalue weighted by molar-refractivity contribution is 6.35.